The molecule has 0 radical (unpaired) electrons. The normalized spacial score (nSPS) is 22.2. The maximum atomic E-state index is 12.5. The van der Waals surface area contributed by atoms with Crippen molar-refractivity contribution in [3.63, 3.8) is 0 Å². The number of rotatable bonds is 4. The van der Waals surface area contributed by atoms with Crippen molar-refractivity contribution >= 4 is 5.91 Å². The molecule has 0 bridgehead atoms. The number of aromatic nitrogens is 2. The molecule has 8 heteroatoms. The number of carbonyl (C=O) groups is 1. The molecule has 0 aliphatic carbocycles. The zero-order valence-electron chi connectivity index (χ0n) is 12.5. The van der Waals surface area contributed by atoms with Crippen molar-refractivity contribution in [3.8, 4) is 0 Å². The summed E-state index contributed by atoms with van der Waals surface area (Å²) >= 11 is 0. The Labute approximate surface area is 127 Å². The highest BCUT2D eigenvalue weighted by Gasteiger charge is 2.46. The molecule has 0 aromatic carbocycles. The molecule has 3 heterocycles. The molecule has 1 aromatic heterocycles. The lowest BCUT2D eigenvalue weighted by molar-refractivity contribution is -0.136. The van der Waals surface area contributed by atoms with E-state index in [9.17, 15) is 13.6 Å². The number of halogens is 2. The minimum Gasteiger partial charge on any atom is -0.346 e. The number of ether oxygens (including phenoxy) is 1. The number of carbonyl (C=O) groups excluding carboxylic acids is 1. The van der Waals surface area contributed by atoms with Gasteiger partial charge in [0.25, 0.3) is 12.3 Å². The molecule has 22 heavy (non-hydrogen) atoms. The first-order valence-electron chi connectivity index (χ1n) is 7.41. The van der Waals surface area contributed by atoms with Gasteiger partial charge in [0.1, 0.15) is 18.2 Å². The summed E-state index contributed by atoms with van der Waals surface area (Å²) in [5.41, 5.74) is -0.480. The van der Waals surface area contributed by atoms with Crippen molar-refractivity contribution in [2.75, 3.05) is 26.7 Å². The molecule has 2 saturated heterocycles. The summed E-state index contributed by atoms with van der Waals surface area (Å²) in [6.45, 7) is 1.86. The van der Waals surface area contributed by atoms with Crippen LogP contribution in [0.5, 0.6) is 0 Å². The molecule has 0 atom stereocenters. The second-order valence-corrected chi connectivity index (χ2v) is 5.85. The van der Waals surface area contributed by atoms with Crippen LogP contribution in [0.15, 0.2) is 12.4 Å². The quantitative estimate of drug-likeness (QED) is 0.830. The van der Waals surface area contributed by atoms with Gasteiger partial charge in [-0.25, -0.2) is 13.8 Å². The highest BCUT2D eigenvalue weighted by atomic mass is 19.3. The Kier molecular flexibility index (Phi) is 4.14. The number of piperidine rings is 1. The van der Waals surface area contributed by atoms with Crippen LogP contribution in [0, 0.1) is 0 Å². The third-order valence-corrected chi connectivity index (χ3v) is 4.59. The zero-order valence-corrected chi connectivity index (χ0v) is 12.5. The molecule has 0 saturated carbocycles. The largest absolute Gasteiger partial charge is 0.346 e. The van der Waals surface area contributed by atoms with Gasteiger partial charge in [-0.15, -0.1) is 0 Å². The first-order valence-corrected chi connectivity index (χ1v) is 7.41. The molecule has 1 amide bonds. The van der Waals surface area contributed by atoms with Crippen LogP contribution >= 0.6 is 0 Å². The summed E-state index contributed by atoms with van der Waals surface area (Å²) in [6, 6.07) is 0. The van der Waals surface area contributed by atoms with Gasteiger partial charge in [0.15, 0.2) is 0 Å². The Hall–Kier alpha value is -1.54. The standard InChI is InChI=1S/C14H20F2N4O2/c1-18-13(21)10-22-14(18)2-5-19(6-3-14)9-12-17-4-7-20(12)8-11(15)16/h4,7,11H,2-3,5-6,8-10H2,1H3. The third-order valence-electron chi connectivity index (χ3n) is 4.59. The average Bonchev–Trinajstić information content (AvgIpc) is 3.02. The van der Waals surface area contributed by atoms with Gasteiger partial charge in [0, 0.05) is 45.4 Å². The summed E-state index contributed by atoms with van der Waals surface area (Å²) in [6.07, 6.45) is 2.20. The fourth-order valence-electron chi connectivity index (χ4n) is 3.16. The summed E-state index contributed by atoms with van der Waals surface area (Å²) in [5.74, 6) is 0.661. The SMILES string of the molecule is CN1C(=O)COC12CCN(Cc1nccn1CC(F)F)CC2. The van der Waals surface area contributed by atoms with Gasteiger partial charge < -0.3 is 14.2 Å². The molecule has 0 N–H and O–H groups in total. The summed E-state index contributed by atoms with van der Waals surface area (Å²) in [5, 5.41) is 0. The van der Waals surface area contributed by atoms with Gasteiger partial charge in [-0.2, -0.15) is 0 Å². The molecule has 6 nitrogen and oxygen atoms in total. The number of likely N-dealkylation sites (N-methyl/N-ethyl adjacent to an activating group) is 1. The Morgan fingerprint density at radius 3 is 2.73 bits per heavy atom. The molecule has 122 valence electrons. The Morgan fingerprint density at radius 1 is 1.41 bits per heavy atom. The Morgan fingerprint density at radius 2 is 2.14 bits per heavy atom. The first kappa shape index (κ1) is 15.4. The van der Waals surface area contributed by atoms with Crippen LogP contribution in [-0.2, 0) is 22.6 Å². The fourth-order valence-corrected chi connectivity index (χ4v) is 3.16. The average molecular weight is 314 g/mol. The molecule has 0 unspecified atom stereocenters. The highest BCUT2D eigenvalue weighted by molar-refractivity contribution is 5.79. The van der Waals surface area contributed by atoms with Gasteiger partial charge in [-0.05, 0) is 0 Å². The van der Waals surface area contributed by atoms with Gasteiger partial charge in [-0.1, -0.05) is 0 Å². The minimum absolute atomic E-state index is 0.0147. The predicted octanol–water partition coefficient (Wildman–Crippen LogP) is 0.929. The van der Waals surface area contributed by atoms with E-state index in [0.29, 0.717) is 12.4 Å². The van der Waals surface area contributed by atoms with Crippen LogP contribution in [0.1, 0.15) is 18.7 Å². The predicted molar refractivity (Wildman–Crippen MR) is 74.2 cm³/mol. The Bertz CT molecular complexity index is 541. The molecule has 3 rings (SSSR count). The van der Waals surface area contributed by atoms with Crippen LogP contribution in [-0.4, -0.2) is 64.2 Å². The van der Waals surface area contributed by atoms with Gasteiger partial charge >= 0.3 is 0 Å². The van der Waals surface area contributed by atoms with Gasteiger partial charge in [0.05, 0.1) is 13.1 Å². The molecular formula is C14H20F2N4O2. The lowest BCUT2D eigenvalue weighted by Crippen LogP contribution is -2.52. The number of alkyl halides is 2. The van der Waals surface area contributed by atoms with E-state index < -0.39 is 12.2 Å². The number of hydrogen-bond acceptors (Lipinski definition) is 4. The monoisotopic (exact) mass is 314 g/mol. The van der Waals surface area contributed by atoms with Crippen molar-refractivity contribution < 1.29 is 18.3 Å². The van der Waals surface area contributed by atoms with Gasteiger partial charge in [0.2, 0.25) is 0 Å². The molecule has 2 fully saturated rings. The summed E-state index contributed by atoms with van der Waals surface area (Å²) in [7, 11) is 1.78. The smallest absolute Gasteiger partial charge is 0.256 e. The lowest BCUT2D eigenvalue weighted by Gasteiger charge is -2.41. The molecule has 1 spiro atoms. The van der Waals surface area contributed by atoms with E-state index in [1.807, 2.05) is 0 Å². The van der Waals surface area contributed by atoms with E-state index in [2.05, 4.69) is 9.88 Å². The van der Waals surface area contributed by atoms with E-state index in [1.165, 1.54) is 4.57 Å². The van der Waals surface area contributed by atoms with Crippen LogP contribution in [0.4, 0.5) is 8.78 Å². The molecule has 2 aliphatic rings. The maximum absolute atomic E-state index is 12.5. The van der Waals surface area contributed by atoms with E-state index in [0.717, 1.165) is 25.9 Å². The maximum Gasteiger partial charge on any atom is 0.256 e. The minimum atomic E-state index is -2.39. The molecular weight excluding hydrogens is 294 g/mol. The lowest BCUT2D eigenvalue weighted by atomic mass is 9.99. The van der Waals surface area contributed by atoms with E-state index in [4.69, 9.17) is 4.74 Å². The first-order chi connectivity index (χ1) is 10.5. The number of amides is 1. The topological polar surface area (TPSA) is 50.6 Å². The number of likely N-dealkylation sites (tertiary alicyclic amines) is 1. The van der Waals surface area contributed by atoms with E-state index >= 15 is 0 Å². The second kappa shape index (κ2) is 5.92. The van der Waals surface area contributed by atoms with Crippen molar-refractivity contribution in [2.24, 2.45) is 0 Å². The number of nitrogens with zero attached hydrogens (tertiary/aromatic N) is 4. The molecule has 1 aromatic rings. The van der Waals surface area contributed by atoms with Crippen LogP contribution in [0.3, 0.4) is 0 Å². The van der Waals surface area contributed by atoms with Gasteiger partial charge in [-0.3, -0.25) is 9.69 Å². The zero-order chi connectivity index (χ0) is 15.7. The second-order valence-electron chi connectivity index (χ2n) is 5.85. The van der Waals surface area contributed by atoms with Crippen LogP contribution in [0.2, 0.25) is 0 Å². The summed E-state index contributed by atoms with van der Waals surface area (Å²) in [4.78, 5) is 19.7. The van der Waals surface area contributed by atoms with Crippen molar-refractivity contribution in [1.29, 1.82) is 0 Å². The van der Waals surface area contributed by atoms with E-state index in [-0.39, 0.29) is 19.1 Å². The van der Waals surface area contributed by atoms with Crippen molar-refractivity contribution in [1.82, 2.24) is 19.4 Å². The molecule has 2 aliphatic heterocycles. The van der Waals surface area contributed by atoms with Crippen LogP contribution in [0.25, 0.3) is 0 Å². The fraction of sp³-hybridized carbons (Fsp3) is 0.714. The van der Waals surface area contributed by atoms with Crippen molar-refractivity contribution in [3.05, 3.63) is 18.2 Å². The Balaban J connectivity index is 1.59. The third kappa shape index (κ3) is 2.85. The van der Waals surface area contributed by atoms with E-state index in [1.54, 1.807) is 24.3 Å². The summed E-state index contributed by atoms with van der Waals surface area (Å²) < 4.78 is 32.2. The number of imidazole rings is 1. The van der Waals surface area contributed by atoms with Crippen molar-refractivity contribution in [2.45, 2.75) is 38.1 Å². The highest BCUT2D eigenvalue weighted by Crippen LogP contribution is 2.33. The van der Waals surface area contributed by atoms with Crippen LogP contribution < -0.4 is 0 Å². The number of hydrogen-bond donors (Lipinski definition) is 0.